The summed E-state index contributed by atoms with van der Waals surface area (Å²) < 4.78 is 10.3. The molecule has 0 aromatic carbocycles. The van der Waals surface area contributed by atoms with Crippen molar-refractivity contribution in [3.63, 3.8) is 0 Å². The second-order valence-corrected chi connectivity index (χ2v) is 9.11. The number of esters is 1. The van der Waals surface area contributed by atoms with Gasteiger partial charge in [-0.25, -0.2) is 14.6 Å². The van der Waals surface area contributed by atoms with Crippen LogP contribution in [0, 0.1) is 0 Å². The van der Waals surface area contributed by atoms with Crippen LogP contribution < -0.4 is 11.1 Å². The molecule has 1 aromatic rings. The first-order chi connectivity index (χ1) is 16.2. The number of cyclic esters (lactones) is 1. The number of hydrogen-bond acceptors (Lipinski definition) is 12. The first kappa shape index (κ1) is 23.3. The Morgan fingerprint density at radius 3 is 2.76 bits per heavy atom. The van der Waals surface area contributed by atoms with Crippen molar-refractivity contribution in [2.75, 3.05) is 18.6 Å². The molecule has 34 heavy (non-hydrogen) atoms. The molecule has 1 aromatic heterocycles. The van der Waals surface area contributed by atoms with E-state index in [0.29, 0.717) is 0 Å². The predicted molar refractivity (Wildman–Crippen MR) is 118 cm³/mol. The Kier molecular flexibility index (Phi) is 6.05. The summed E-state index contributed by atoms with van der Waals surface area (Å²) in [5, 5.41) is 25.3. The van der Waals surface area contributed by atoms with Gasteiger partial charge in [-0.05, 0) is 18.6 Å². The molecule has 1 saturated heterocycles. The molecule has 0 saturated carbocycles. The lowest BCUT2D eigenvalue weighted by molar-refractivity contribution is -0.150. The number of thiazole rings is 1. The van der Waals surface area contributed by atoms with Crippen molar-refractivity contribution in [3.8, 4) is 0 Å². The number of amides is 2. The minimum Gasteiger partial charge on any atom is -0.492 e. The third kappa shape index (κ3) is 3.77. The van der Waals surface area contributed by atoms with E-state index in [-0.39, 0.29) is 44.9 Å². The average molecular weight is 508 g/mol. The van der Waals surface area contributed by atoms with E-state index in [1.54, 1.807) is 0 Å². The Morgan fingerprint density at radius 2 is 2.18 bits per heavy atom. The average Bonchev–Trinajstić information content (AvgIpc) is 3.34. The highest BCUT2D eigenvalue weighted by Crippen LogP contribution is 2.41. The molecule has 178 valence electrons. The molecule has 15 heteroatoms. The smallest absolute Gasteiger partial charge is 0.352 e. The van der Waals surface area contributed by atoms with Crippen LogP contribution in [0.1, 0.15) is 12.6 Å². The van der Waals surface area contributed by atoms with Crippen LogP contribution in [0.5, 0.6) is 0 Å². The zero-order valence-corrected chi connectivity index (χ0v) is 19.2. The van der Waals surface area contributed by atoms with Gasteiger partial charge < -0.3 is 30.8 Å². The van der Waals surface area contributed by atoms with Crippen LogP contribution >= 0.6 is 23.1 Å². The van der Waals surface area contributed by atoms with E-state index in [1.165, 1.54) is 37.3 Å². The number of carbonyl (C=O) groups excluding carboxylic acids is 3. The third-order valence-corrected chi connectivity index (χ3v) is 7.13. The van der Waals surface area contributed by atoms with E-state index in [2.05, 4.69) is 15.5 Å². The van der Waals surface area contributed by atoms with E-state index in [0.717, 1.165) is 16.2 Å². The quantitative estimate of drug-likeness (QED) is 0.133. The zero-order valence-electron chi connectivity index (χ0n) is 17.6. The number of rotatable bonds is 6. The molecule has 3 aliphatic rings. The lowest BCUT2D eigenvalue weighted by Gasteiger charge is -2.49. The Bertz CT molecular complexity index is 1250. The fourth-order valence-corrected chi connectivity index (χ4v) is 5.43. The van der Waals surface area contributed by atoms with Gasteiger partial charge in [0.05, 0.1) is 12.7 Å². The summed E-state index contributed by atoms with van der Waals surface area (Å²) in [5.74, 6) is -3.17. The van der Waals surface area contributed by atoms with Gasteiger partial charge in [0, 0.05) is 11.1 Å². The topological polar surface area (TPSA) is 194 Å². The number of ether oxygens (including phenoxy) is 2. The number of β-lactam (4-membered cyclic amide) rings is 1. The van der Waals surface area contributed by atoms with E-state index in [4.69, 9.17) is 15.2 Å². The van der Waals surface area contributed by atoms with Crippen LogP contribution in [0.3, 0.4) is 0 Å². The van der Waals surface area contributed by atoms with Crippen molar-refractivity contribution in [2.45, 2.75) is 18.3 Å². The fraction of sp³-hybridized carbons (Fsp3) is 0.263. The Balaban J connectivity index is 1.58. The molecule has 2 atom stereocenters. The lowest BCUT2D eigenvalue weighted by atomic mass is 10.0. The number of thioether (sulfide) groups is 1. The van der Waals surface area contributed by atoms with Gasteiger partial charge in [0.25, 0.3) is 11.8 Å². The van der Waals surface area contributed by atoms with Crippen molar-refractivity contribution in [1.29, 1.82) is 0 Å². The number of aromatic nitrogens is 1. The molecule has 0 spiro atoms. The van der Waals surface area contributed by atoms with Gasteiger partial charge in [-0.2, -0.15) is 0 Å². The van der Waals surface area contributed by atoms with E-state index in [9.17, 15) is 29.5 Å². The number of nitrogens with one attached hydrogen (secondary N) is 1. The first-order valence-electron chi connectivity index (χ1n) is 9.52. The summed E-state index contributed by atoms with van der Waals surface area (Å²) in [5.41, 5.74) is 5.30. The third-order valence-electron chi connectivity index (χ3n) is 5.15. The molecule has 13 nitrogen and oxygen atoms in total. The van der Waals surface area contributed by atoms with E-state index in [1.807, 2.05) is 0 Å². The van der Waals surface area contributed by atoms with Crippen LogP contribution in [0.15, 0.2) is 45.0 Å². The second kappa shape index (κ2) is 8.83. The highest BCUT2D eigenvalue weighted by Gasteiger charge is 2.54. The number of nitrogen functional groups attached to an aromatic ring is 1. The zero-order chi connectivity index (χ0) is 24.7. The number of fused-ring (bicyclic) bond motifs is 1. The molecule has 3 aliphatic heterocycles. The number of carboxylic acids is 1. The number of nitrogens with zero attached hydrogens (tertiary/aromatic N) is 3. The normalized spacial score (nSPS) is 23.6. The van der Waals surface area contributed by atoms with E-state index >= 15 is 0 Å². The van der Waals surface area contributed by atoms with Gasteiger partial charge in [0.2, 0.25) is 0 Å². The first-order valence-corrected chi connectivity index (χ1v) is 11.4. The monoisotopic (exact) mass is 507 g/mol. The summed E-state index contributed by atoms with van der Waals surface area (Å²) in [7, 11) is 1.35. The lowest BCUT2D eigenvalue weighted by Crippen LogP contribution is -2.71. The maximum atomic E-state index is 12.8. The van der Waals surface area contributed by atoms with Crippen LogP contribution in [0.25, 0.3) is 0 Å². The van der Waals surface area contributed by atoms with Gasteiger partial charge in [0.1, 0.15) is 22.8 Å². The van der Waals surface area contributed by atoms with Crippen LogP contribution in [-0.2, 0) is 28.7 Å². The molecule has 1 fully saturated rings. The van der Waals surface area contributed by atoms with Gasteiger partial charge >= 0.3 is 11.9 Å². The molecular formula is C19H17N5O8S2. The molecular weight excluding hydrogens is 490 g/mol. The number of methoxy groups -OCH3 is 1. The van der Waals surface area contributed by atoms with Crippen molar-refractivity contribution < 1.29 is 39.0 Å². The summed E-state index contributed by atoms with van der Waals surface area (Å²) in [6, 6.07) is -1.06. The van der Waals surface area contributed by atoms with Crippen LogP contribution in [0.4, 0.5) is 5.13 Å². The molecule has 4 rings (SSSR count). The standard InChI is InChI=1S/C19H17N5O8S2/c1-6-13(31-2)9(32-18(6)29)3-7-4-33-16-11(15(26)24(16)12(7)17(27)28)22-14(25)10(23-30)8-5-34-19(20)21-8/h3,5,11,16,30H,4H2,1-2H3,(H2,20,21)(H,22,25)(H,27,28)/b9-3-,23-10-/t11-,16-/m1/s1. The van der Waals surface area contributed by atoms with E-state index < -0.39 is 40.9 Å². The molecule has 2 amide bonds. The van der Waals surface area contributed by atoms with Gasteiger partial charge in [-0.15, -0.1) is 23.1 Å². The molecule has 0 aliphatic carbocycles. The number of oxime groups is 1. The summed E-state index contributed by atoms with van der Waals surface area (Å²) in [6.45, 7) is 1.51. The molecule has 0 bridgehead atoms. The van der Waals surface area contributed by atoms with Crippen molar-refractivity contribution >= 4 is 57.7 Å². The summed E-state index contributed by atoms with van der Waals surface area (Å²) in [6.07, 6.45) is 1.35. The number of nitrogens with two attached hydrogens (primary N) is 1. The highest BCUT2D eigenvalue weighted by atomic mass is 32.2. The fourth-order valence-electron chi connectivity index (χ4n) is 3.58. The number of carboxylic acid groups (broad SMARTS) is 1. The van der Waals surface area contributed by atoms with Crippen LogP contribution in [0.2, 0.25) is 0 Å². The SMILES string of the molecule is COC1=C(C)C(=O)O/C1=C\C1=C(C(=O)O)N2C(=O)[C@@H](NC(=O)/C(=N\O)c3csc(N)n3)[C@H]2SC1. The van der Waals surface area contributed by atoms with Gasteiger partial charge in [0.15, 0.2) is 22.4 Å². The molecule has 0 unspecified atom stereocenters. The number of hydrogen-bond donors (Lipinski definition) is 4. The van der Waals surface area contributed by atoms with Crippen molar-refractivity contribution in [1.82, 2.24) is 15.2 Å². The van der Waals surface area contributed by atoms with Crippen LogP contribution in [-0.4, -0.2) is 73.9 Å². The maximum Gasteiger partial charge on any atom is 0.352 e. The second-order valence-electron chi connectivity index (χ2n) is 7.12. The Morgan fingerprint density at radius 1 is 1.44 bits per heavy atom. The van der Waals surface area contributed by atoms with Crippen molar-refractivity contribution in [2.24, 2.45) is 5.16 Å². The minimum absolute atomic E-state index is 0.0332. The largest absolute Gasteiger partial charge is 0.492 e. The number of carbonyl (C=O) groups is 4. The Labute approximate surface area is 199 Å². The minimum atomic E-state index is -1.37. The summed E-state index contributed by atoms with van der Waals surface area (Å²) in [4.78, 5) is 54.2. The Hall–Kier alpha value is -3.85. The van der Waals surface area contributed by atoms with Crippen molar-refractivity contribution in [3.05, 3.63) is 45.5 Å². The van der Waals surface area contributed by atoms with Gasteiger partial charge in [-0.1, -0.05) is 5.16 Å². The number of anilines is 1. The predicted octanol–water partition coefficient (Wildman–Crippen LogP) is 0.00330. The molecule has 4 heterocycles. The summed E-state index contributed by atoms with van der Waals surface area (Å²) >= 11 is 2.24. The maximum absolute atomic E-state index is 12.8. The highest BCUT2D eigenvalue weighted by molar-refractivity contribution is 8.00. The molecule has 5 N–H and O–H groups in total. The number of aliphatic carboxylic acids is 1. The molecule has 0 radical (unpaired) electrons. The van der Waals surface area contributed by atoms with Gasteiger partial charge in [-0.3, -0.25) is 14.5 Å². The number of allylic oxidation sites excluding steroid dienone is 1.